The third kappa shape index (κ3) is 2.84. The van der Waals surface area contributed by atoms with Crippen LogP contribution in [0.15, 0.2) is 41.4 Å². The van der Waals surface area contributed by atoms with Crippen LogP contribution >= 0.6 is 11.3 Å². The van der Waals surface area contributed by atoms with Crippen LogP contribution in [0.1, 0.15) is 10.4 Å². The van der Waals surface area contributed by atoms with Crippen molar-refractivity contribution in [3.8, 4) is 12.3 Å². The molecule has 7 heteroatoms. The van der Waals surface area contributed by atoms with Gasteiger partial charge in [-0.3, -0.25) is 4.79 Å². The lowest BCUT2D eigenvalue weighted by Crippen LogP contribution is -2.17. The monoisotopic (exact) mass is 346 g/mol. The molecule has 1 amide bonds. The van der Waals surface area contributed by atoms with E-state index in [9.17, 15) is 18.0 Å². The van der Waals surface area contributed by atoms with Gasteiger partial charge >= 0.3 is 0 Å². The second-order valence-corrected chi connectivity index (χ2v) is 5.82. The van der Waals surface area contributed by atoms with Gasteiger partial charge in [-0.05, 0) is 18.2 Å². The quantitative estimate of drug-likeness (QED) is 0.654. The van der Waals surface area contributed by atoms with Gasteiger partial charge < -0.3 is 4.57 Å². The van der Waals surface area contributed by atoms with Crippen molar-refractivity contribution >= 4 is 27.5 Å². The second kappa shape index (κ2) is 6.34. The highest BCUT2D eigenvalue weighted by Crippen LogP contribution is 2.22. The molecule has 24 heavy (non-hydrogen) atoms. The number of rotatable bonds is 2. The largest absolute Gasteiger partial charge is 0.302 e. The molecule has 0 saturated heterocycles. The van der Waals surface area contributed by atoms with Crippen molar-refractivity contribution in [1.82, 2.24) is 4.57 Å². The number of nitrogens with zero attached hydrogens (tertiary/aromatic N) is 2. The molecule has 2 aromatic carbocycles. The second-order valence-electron chi connectivity index (χ2n) is 4.81. The molecule has 0 atom stereocenters. The van der Waals surface area contributed by atoms with Crippen LogP contribution in [0.25, 0.3) is 10.2 Å². The topological polar surface area (TPSA) is 34.4 Å². The molecular formula is C17H9F3N2OS. The van der Waals surface area contributed by atoms with Crippen molar-refractivity contribution in [3.63, 3.8) is 0 Å². The van der Waals surface area contributed by atoms with Crippen molar-refractivity contribution in [2.45, 2.75) is 6.54 Å². The molecule has 0 aliphatic carbocycles. The van der Waals surface area contributed by atoms with Gasteiger partial charge in [-0.25, -0.2) is 13.2 Å². The number of carbonyl (C=O) groups excluding carboxylic acids is 1. The molecule has 1 heterocycles. The van der Waals surface area contributed by atoms with Gasteiger partial charge in [0.15, 0.2) is 10.6 Å². The van der Waals surface area contributed by atoms with Crippen molar-refractivity contribution in [3.05, 3.63) is 64.2 Å². The van der Waals surface area contributed by atoms with Gasteiger partial charge in [0.25, 0.3) is 5.91 Å². The van der Waals surface area contributed by atoms with Crippen LogP contribution in [-0.2, 0) is 6.54 Å². The molecular weight excluding hydrogens is 337 g/mol. The molecule has 0 saturated carbocycles. The lowest BCUT2D eigenvalue weighted by Gasteiger charge is -2.01. The molecule has 0 unspecified atom stereocenters. The fourth-order valence-corrected chi connectivity index (χ4v) is 3.30. The minimum absolute atomic E-state index is 0.0550. The Bertz CT molecular complexity index is 1060. The average Bonchev–Trinajstić information content (AvgIpc) is 2.85. The molecule has 0 radical (unpaired) electrons. The number of aromatic nitrogens is 1. The fourth-order valence-electron chi connectivity index (χ4n) is 2.23. The van der Waals surface area contributed by atoms with Gasteiger partial charge in [0.2, 0.25) is 0 Å². The van der Waals surface area contributed by atoms with Crippen molar-refractivity contribution < 1.29 is 18.0 Å². The van der Waals surface area contributed by atoms with Crippen LogP contribution in [0.4, 0.5) is 13.2 Å². The maximum atomic E-state index is 14.1. The van der Waals surface area contributed by atoms with Gasteiger partial charge in [0.05, 0.1) is 22.3 Å². The van der Waals surface area contributed by atoms with Crippen molar-refractivity contribution in [2.75, 3.05) is 0 Å². The third-order valence-corrected chi connectivity index (χ3v) is 4.27. The number of halogens is 3. The number of amides is 1. The zero-order valence-electron chi connectivity index (χ0n) is 12.1. The number of terminal acetylenes is 1. The summed E-state index contributed by atoms with van der Waals surface area (Å²) in [6.45, 7) is -0.0636. The Hall–Kier alpha value is -2.85. The number of hydrogen-bond donors (Lipinski definition) is 0. The number of fused-ring (bicyclic) bond motifs is 1. The standard InChI is InChI=1S/C17H9F3N2OS/c1-2-7-22-15-13(20)8-10(18)9-14(15)24-17(22)21-16(23)11-5-3-4-6-12(11)19/h1,3-6,8-9H,7H2. The van der Waals surface area contributed by atoms with Crippen LogP contribution in [-0.4, -0.2) is 10.5 Å². The Labute approximate surface area is 138 Å². The minimum Gasteiger partial charge on any atom is -0.302 e. The summed E-state index contributed by atoms with van der Waals surface area (Å²) in [4.78, 5) is 16.1. The smallest absolute Gasteiger partial charge is 0.282 e. The lowest BCUT2D eigenvalue weighted by molar-refractivity contribution is 0.0994. The highest BCUT2D eigenvalue weighted by Gasteiger charge is 2.15. The minimum atomic E-state index is -0.827. The first-order valence-electron chi connectivity index (χ1n) is 6.76. The van der Waals surface area contributed by atoms with E-state index < -0.39 is 23.4 Å². The number of thiazole rings is 1. The number of hydrogen-bond acceptors (Lipinski definition) is 2. The maximum absolute atomic E-state index is 14.1. The Morgan fingerprint density at radius 2 is 1.96 bits per heavy atom. The van der Waals surface area contributed by atoms with E-state index in [1.165, 1.54) is 22.8 Å². The molecule has 120 valence electrons. The maximum Gasteiger partial charge on any atom is 0.282 e. The summed E-state index contributed by atoms with van der Waals surface area (Å²) in [5.74, 6) is -0.767. The zero-order chi connectivity index (χ0) is 17.3. The van der Waals surface area contributed by atoms with Crippen LogP contribution in [0, 0.1) is 29.8 Å². The normalized spacial score (nSPS) is 11.7. The summed E-state index contributed by atoms with van der Waals surface area (Å²) in [5, 5.41) is 0. The summed E-state index contributed by atoms with van der Waals surface area (Å²) in [6.07, 6.45) is 5.28. The first-order valence-corrected chi connectivity index (χ1v) is 7.58. The molecule has 3 nitrogen and oxygen atoms in total. The summed E-state index contributed by atoms with van der Waals surface area (Å²) >= 11 is 0.898. The van der Waals surface area contributed by atoms with Gasteiger partial charge in [-0.2, -0.15) is 4.99 Å². The number of carbonyl (C=O) groups is 1. The average molecular weight is 346 g/mol. The van der Waals surface area contributed by atoms with E-state index in [1.807, 2.05) is 0 Å². The lowest BCUT2D eigenvalue weighted by atomic mass is 10.2. The Morgan fingerprint density at radius 3 is 2.67 bits per heavy atom. The van der Waals surface area contributed by atoms with Gasteiger partial charge in [0.1, 0.15) is 11.6 Å². The highest BCUT2D eigenvalue weighted by molar-refractivity contribution is 7.16. The van der Waals surface area contributed by atoms with E-state index >= 15 is 0 Å². The molecule has 3 rings (SSSR count). The summed E-state index contributed by atoms with van der Waals surface area (Å²) in [6, 6.07) is 7.23. The van der Waals surface area contributed by atoms with E-state index in [4.69, 9.17) is 6.42 Å². The Morgan fingerprint density at radius 1 is 1.21 bits per heavy atom. The van der Waals surface area contributed by atoms with Gasteiger partial charge in [-0.1, -0.05) is 29.4 Å². The van der Waals surface area contributed by atoms with E-state index in [2.05, 4.69) is 10.9 Å². The predicted octanol–water partition coefficient (Wildman–Crippen LogP) is 3.49. The van der Waals surface area contributed by atoms with E-state index in [0.717, 1.165) is 29.5 Å². The summed E-state index contributed by atoms with van der Waals surface area (Å²) in [5.41, 5.74) is -0.159. The molecule has 0 spiro atoms. The van der Waals surface area contributed by atoms with Crippen molar-refractivity contribution in [1.29, 1.82) is 0 Å². The molecule has 0 aliphatic heterocycles. The number of benzene rings is 2. The Kier molecular flexibility index (Phi) is 4.23. The molecule has 0 bridgehead atoms. The molecule has 1 aromatic heterocycles. The summed E-state index contributed by atoms with van der Waals surface area (Å²) < 4.78 is 42.7. The zero-order valence-corrected chi connectivity index (χ0v) is 12.9. The van der Waals surface area contributed by atoms with Crippen LogP contribution in [0.3, 0.4) is 0 Å². The fraction of sp³-hybridized carbons (Fsp3) is 0.0588. The van der Waals surface area contributed by atoms with Crippen LogP contribution in [0.5, 0.6) is 0 Å². The summed E-state index contributed by atoms with van der Waals surface area (Å²) in [7, 11) is 0. The SMILES string of the molecule is C#CCn1c(=NC(=O)c2ccccc2F)sc2cc(F)cc(F)c21. The van der Waals surface area contributed by atoms with Crippen molar-refractivity contribution in [2.24, 2.45) is 4.99 Å². The van der Waals surface area contributed by atoms with E-state index in [0.29, 0.717) is 0 Å². The van der Waals surface area contributed by atoms with E-state index in [1.54, 1.807) is 0 Å². The molecule has 0 aliphatic rings. The van der Waals surface area contributed by atoms with Gasteiger partial charge in [0, 0.05) is 6.07 Å². The third-order valence-electron chi connectivity index (χ3n) is 3.25. The first kappa shape index (κ1) is 16.0. The highest BCUT2D eigenvalue weighted by atomic mass is 32.1. The first-order chi connectivity index (χ1) is 11.5. The van der Waals surface area contributed by atoms with Gasteiger partial charge in [-0.15, -0.1) is 6.42 Å². The molecule has 3 aromatic rings. The van der Waals surface area contributed by atoms with E-state index in [-0.39, 0.29) is 27.1 Å². The molecule has 0 fully saturated rings. The van der Waals surface area contributed by atoms with Crippen LogP contribution < -0.4 is 4.80 Å². The van der Waals surface area contributed by atoms with Crippen LogP contribution in [0.2, 0.25) is 0 Å². The molecule has 0 N–H and O–H groups in total. The Balaban J connectivity index is 2.24. The predicted molar refractivity (Wildman–Crippen MR) is 84.9 cm³/mol.